The lowest BCUT2D eigenvalue weighted by Crippen LogP contribution is -2.55. The number of benzene rings is 2. The standard InChI is InChI=1S/C22H26BNO2/c1-22(2,3)18-14-24(15-19(23)26-18)21(25)20(16-10-6-4-7-11-16)17-12-8-5-9-13-17/h4-13,18-20H,14-15H2,1-3H3. The second-order valence-electron chi connectivity index (χ2n) is 8.03. The Morgan fingerprint density at radius 3 is 1.96 bits per heavy atom. The summed E-state index contributed by atoms with van der Waals surface area (Å²) in [7, 11) is 6.11. The summed E-state index contributed by atoms with van der Waals surface area (Å²) in [4.78, 5) is 15.4. The zero-order valence-corrected chi connectivity index (χ0v) is 15.8. The van der Waals surface area contributed by atoms with Crippen LogP contribution >= 0.6 is 0 Å². The quantitative estimate of drug-likeness (QED) is 0.795. The van der Waals surface area contributed by atoms with Crippen molar-refractivity contribution >= 4 is 13.8 Å². The first-order valence-corrected chi connectivity index (χ1v) is 9.16. The Balaban J connectivity index is 1.93. The van der Waals surface area contributed by atoms with Gasteiger partial charge in [-0.2, -0.15) is 0 Å². The lowest BCUT2D eigenvalue weighted by molar-refractivity contribution is -0.147. The zero-order valence-electron chi connectivity index (χ0n) is 15.8. The molecule has 1 heterocycles. The van der Waals surface area contributed by atoms with E-state index in [1.54, 1.807) is 0 Å². The number of ether oxygens (including phenoxy) is 1. The monoisotopic (exact) mass is 347 g/mol. The number of hydrogen-bond donors (Lipinski definition) is 0. The van der Waals surface area contributed by atoms with Gasteiger partial charge in [0.15, 0.2) is 0 Å². The summed E-state index contributed by atoms with van der Waals surface area (Å²) >= 11 is 0. The van der Waals surface area contributed by atoms with Gasteiger partial charge in [0.05, 0.1) is 12.0 Å². The minimum absolute atomic E-state index is 0.0778. The smallest absolute Gasteiger partial charge is 0.234 e. The second kappa shape index (κ2) is 7.67. The predicted molar refractivity (Wildman–Crippen MR) is 105 cm³/mol. The van der Waals surface area contributed by atoms with Gasteiger partial charge in [-0.1, -0.05) is 81.4 Å². The van der Waals surface area contributed by atoms with Crippen molar-refractivity contribution in [1.29, 1.82) is 0 Å². The van der Waals surface area contributed by atoms with Crippen LogP contribution in [-0.2, 0) is 9.53 Å². The summed E-state index contributed by atoms with van der Waals surface area (Å²) in [6, 6.07) is 19.4. The molecule has 3 nitrogen and oxygen atoms in total. The third-order valence-corrected chi connectivity index (χ3v) is 4.92. The highest BCUT2D eigenvalue weighted by atomic mass is 16.5. The van der Waals surface area contributed by atoms with Crippen molar-refractivity contribution in [2.75, 3.05) is 13.1 Å². The highest BCUT2D eigenvalue weighted by Crippen LogP contribution is 2.31. The van der Waals surface area contributed by atoms with Crippen molar-refractivity contribution in [2.45, 2.75) is 38.8 Å². The van der Waals surface area contributed by atoms with Crippen LogP contribution in [0.2, 0.25) is 0 Å². The molecular formula is C22H26BNO2. The number of nitrogens with zero attached hydrogens (tertiary/aromatic N) is 1. The van der Waals surface area contributed by atoms with E-state index in [1.165, 1.54) is 0 Å². The molecular weight excluding hydrogens is 321 g/mol. The van der Waals surface area contributed by atoms with Gasteiger partial charge in [0.25, 0.3) is 0 Å². The first kappa shape index (κ1) is 18.7. The first-order chi connectivity index (χ1) is 12.4. The Hall–Kier alpha value is -2.07. The van der Waals surface area contributed by atoms with Crippen LogP contribution in [0.1, 0.15) is 37.8 Å². The first-order valence-electron chi connectivity index (χ1n) is 9.16. The second-order valence-corrected chi connectivity index (χ2v) is 8.03. The highest BCUT2D eigenvalue weighted by Gasteiger charge is 2.37. The molecule has 0 aromatic heterocycles. The van der Waals surface area contributed by atoms with Gasteiger partial charge in [-0.15, -0.1) is 0 Å². The van der Waals surface area contributed by atoms with Crippen molar-refractivity contribution < 1.29 is 9.53 Å². The molecule has 1 aliphatic heterocycles. The average Bonchev–Trinajstić information content (AvgIpc) is 2.62. The summed E-state index contributed by atoms with van der Waals surface area (Å²) in [6.07, 6.45) is -0.0811. The zero-order chi connectivity index (χ0) is 18.7. The molecule has 1 fully saturated rings. The van der Waals surface area contributed by atoms with Gasteiger partial charge in [-0.3, -0.25) is 4.79 Å². The maximum atomic E-state index is 13.5. The van der Waals surface area contributed by atoms with E-state index in [9.17, 15) is 4.79 Å². The van der Waals surface area contributed by atoms with Crippen LogP contribution in [0.25, 0.3) is 0 Å². The third kappa shape index (κ3) is 4.18. The van der Waals surface area contributed by atoms with Crippen LogP contribution in [0.15, 0.2) is 60.7 Å². The SMILES string of the molecule is [B]C1CN(C(=O)C(c2ccccc2)c2ccccc2)CC(C(C)(C)C)O1. The highest BCUT2D eigenvalue weighted by molar-refractivity contribution is 6.11. The molecule has 1 aliphatic rings. The van der Waals surface area contributed by atoms with Crippen LogP contribution in [0.5, 0.6) is 0 Å². The van der Waals surface area contributed by atoms with E-state index in [2.05, 4.69) is 20.8 Å². The summed E-state index contributed by atoms with van der Waals surface area (Å²) in [5.74, 6) is -0.251. The van der Waals surface area contributed by atoms with Crippen molar-refractivity contribution in [3.63, 3.8) is 0 Å². The number of rotatable bonds is 3. The molecule has 2 atom stereocenters. The molecule has 2 aromatic rings. The van der Waals surface area contributed by atoms with Crippen LogP contribution in [-0.4, -0.2) is 43.9 Å². The van der Waals surface area contributed by atoms with Crippen LogP contribution < -0.4 is 0 Å². The lowest BCUT2D eigenvalue weighted by atomic mass is 9.84. The number of hydrogen-bond acceptors (Lipinski definition) is 2. The van der Waals surface area contributed by atoms with E-state index in [-0.39, 0.29) is 23.3 Å². The summed E-state index contributed by atoms with van der Waals surface area (Å²) in [6.45, 7) is 7.33. The summed E-state index contributed by atoms with van der Waals surface area (Å²) < 4.78 is 5.91. The molecule has 1 amide bonds. The third-order valence-electron chi connectivity index (χ3n) is 4.92. The van der Waals surface area contributed by atoms with E-state index < -0.39 is 6.00 Å². The number of carbonyl (C=O) groups excluding carboxylic acids is 1. The Morgan fingerprint density at radius 2 is 1.50 bits per heavy atom. The van der Waals surface area contributed by atoms with Crippen molar-refractivity contribution in [3.05, 3.63) is 71.8 Å². The van der Waals surface area contributed by atoms with E-state index >= 15 is 0 Å². The van der Waals surface area contributed by atoms with Gasteiger partial charge in [0.1, 0.15) is 7.85 Å². The molecule has 0 spiro atoms. The van der Waals surface area contributed by atoms with Gasteiger partial charge in [-0.05, 0) is 16.5 Å². The topological polar surface area (TPSA) is 29.5 Å². The fraction of sp³-hybridized carbons (Fsp3) is 0.409. The summed E-state index contributed by atoms with van der Waals surface area (Å²) in [5, 5.41) is 0. The van der Waals surface area contributed by atoms with Crippen molar-refractivity contribution in [2.24, 2.45) is 5.41 Å². The molecule has 0 saturated carbocycles. The molecule has 0 aliphatic carbocycles. The molecule has 2 unspecified atom stereocenters. The average molecular weight is 347 g/mol. The van der Waals surface area contributed by atoms with Gasteiger partial charge in [0, 0.05) is 19.1 Å². The Morgan fingerprint density at radius 1 is 1.00 bits per heavy atom. The van der Waals surface area contributed by atoms with Gasteiger partial charge >= 0.3 is 0 Å². The Labute approximate surface area is 157 Å². The van der Waals surface area contributed by atoms with Crippen molar-refractivity contribution in [3.8, 4) is 0 Å². The van der Waals surface area contributed by atoms with Gasteiger partial charge in [0.2, 0.25) is 5.91 Å². The largest absolute Gasteiger partial charge is 0.381 e. The molecule has 4 heteroatoms. The van der Waals surface area contributed by atoms with E-state index in [4.69, 9.17) is 12.6 Å². The minimum Gasteiger partial charge on any atom is -0.381 e. The van der Waals surface area contributed by atoms with E-state index in [0.717, 1.165) is 11.1 Å². The minimum atomic E-state index is -0.455. The van der Waals surface area contributed by atoms with Crippen LogP contribution in [0, 0.1) is 5.41 Å². The molecule has 1 saturated heterocycles. The fourth-order valence-corrected chi connectivity index (χ4v) is 3.40. The molecule has 134 valence electrons. The van der Waals surface area contributed by atoms with Crippen LogP contribution in [0.4, 0.5) is 0 Å². The van der Waals surface area contributed by atoms with E-state index in [1.807, 2.05) is 65.6 Å². The molecule has 3 rings (SSSR count). The van der Waals surface area contributed by atoms with Crippen molar-refractivity contribution in [1.82, 2.24) is 4.90 Å². The normalized spacial score (nSPS) is 21.0. The van der Waals surface area contributed by atoms with Gasteiger partial charge in [-0.25, -0.2) is 0 Å². The van der Waals surface area contributed by atoms with Crippen LogP contribution in [0.3, 0.4) is 0 Å². The maximum Gasteiger partial charge on any atom is 0.234 e. The number of amides is 1. The lowest BCUT2D eigenvalue weighted by Gasteiger charge is -2.43. The predicted octanol–water partition coefficient (Wildman–Crippen LogP) is 3.59. The molecule has 0 bridgehead atoms. The molecule has 0 N–H and O–H groups in total. The molecule has 26 heavy (non-hydrogen) atoms. The number of morpholine rings is 1. The maximum absolute atomic E-state index is 13.5. The number of carbonyl (C=O) groups is 1. The molecule has 2 aromatic carbocycles. The fourth-order valence-electron chi connectivity index (χ4n) is 3.40. The Bertz CT molecular complexity index is 687. The van der Waals surface area contributed by atoms with Gasteiger partial charge < -0.3 is 9.64 Å². The Kier molecular flexibility index (Phi) is 5.52. The summed E-state index contributed by atoms with van der Waals surface area (Å²) in [5.41, 5.74) is 1.91. The van der Waals surface area contributed by atoms with E-state index in [0.29, 0.717) is 13.1 Å². The molecule has 2 radical (unpaired) electrons.